The van der Waals surface area contributed by atoms with Gasteiger partial charge in [0.25, 0.3) is 15.9 Å². The maximum Gasteiger partial charge on any atom is 0.312 e. The van der Waals surface area contributed by atoms with E-state index in [0.29, 0.717) is 16.8 Å². The number of nitro groups is 1. The first-order chi connectivity index (χ1) is 28.2. The summed E-state index contributed by atoms with van der Waals surface area (Å²) < 4.78 is 61.3. The highest BCUT2D eigenvalue weighted by molar-refractivity contribution is 7.90. The zero-order chi connectivity index (χ0) is 41.8. The number of pyridine rings is 1. The number of ether oxygens (including phenoxy) is 3. The molecule has 3 aliphatic rings. The highest BCUT2D eigenvalue weighted by atomic mass is 32.2. The number of piperazine rings is 1. The summed E-state index contributed by atoms with van der Waals surface area (Å²) in [6, 6.07) is 11.5. The number of aromatic nitrogens is 2. The van der Waals surface area contributed by atoms with Crippen LogP contribution < -0.4 is 19.1 Å². The van der Waals surface area contributed by atoms with E-state index < -0.39 is 43.7 Å². The Bertz CT molecular complexity index is 2320. The zero-order valence-electron chi connectivity index (χ0n) is 33.9. The molecule has 0 spiro atoms. The average molecular weight is 833 g/mol. The van der Waals surface area contributed by atoms with Crippen molar-refractivity contribution in [2.75, 3.05) is 57.4 Å². The first kappa shape index (κ1) is 42.1. The minimum atomic E-state index is -4.65. The molecule has 2 aromatic carbocycles. The first-order valence-electron chi connectivity index (χ1n) is 20.4. The summed E-state index contributed by atoms with van der Waals surface area (Å²) in [5, 5.41) is 12.8. The second-order valence-electron chi connectivity index (χ2n) is 16.7. The highest BCUT2D eigenvalue weighted by Gasteiger charge is 2.35. The number of sulfonamides is 1. The molecule has 1 amide bonds. The summed E-state index contributed by atoms with van der Waals surface area (Å²) in [5.74, 6) is -0.860. The first-order valence-corrected chi connectivity index (χ1v) is 21.9. The molecule has 0 saturated carbocycles. The Hall–Kier alpha value is -5.06. The van der Waals surface area contributed by atoms with E-state index in [1.165, 1.54) is 44.4 Å². The number of nitrogens with zero attached hydrogens (tertiary/aromatic N) is 4. The van der Waals surface area contributed by atoms with Crippen LogP contribution in [0.25, 0.3) is 11.0 Å². The molecule has 59 heavy (non-hydrogen) atoms. The lowest BCUT2D eigenvalue weighted by atomic mass is 9.73. The molecule has 0 atom stereocenters. The smallest absolute Gasteiger partial charge is 0.312 e. The Morgan fingerprint density at radius 1 is 1.03 bits per heavy atom. The fraction of sp³-hybridized carbons (Fsp3) is 0.488. The number of hydrogen-bond donors (Lipinski definition) is 2. The SMILES string of the molecule is CCCCC1=C(CN2CCN(c3ccc(C(=O)NS(=O)(=O)c4ccc(OCC5(F)CCOCC5)c([N+](=O)[O-])c4)c(Oc4cnc5[nH]ccc5c4)c3)CC2)CCC(C)(C)C1. The number of benzene rings is 2. The molecular formula is C43H53FN6O8S. The molecule has 4 aromatic rings. The molecule has 2 saturated heterocycles. The predicted octanol–water partition coefficient (Wildman–Crippen LogP) is 8.10. The van der Waals surface area contributed by atoms with Crippen LogP contribution in [-0.4, -0.2) is 92.3 Å². The molecular weight excluding hydrogens is 780 g/mol. The van der Waals surface area contributed by atoms with Crippen LogP contribution in [0.1, 0.15) is 82.5 Å². The minimum Gasteiger partial charge on any atom is -0.483 e. The summed E-state index contributed by atoms with van der Waals surface area (Å²) in [7, 11) is -4.65. The molecule has 4 heterocycles. The number of hydrogen-bond acceptors (Lipinski definition) is 11. The third-order valence-electron chi connectivity index (χ3n) is 11.6. The molecule has 0 bridgehead atoms. The number of aromatic amines is 1. The van der Waals surface area contributed by atoms with Gasteiger partial charge in [-0.1, -0.05) is 38.3 Å². The number of amides is 1. The molecule has 1 aliphatic carbocycles. The number of nitro benzene ring substituents is 1. The van der Waals surface area contributed by atoms with E-state index in [-0.39, 0.29) is 43.1 Å². The van der Waals surface area contributed by atoms with Gasteiger partial charge in [-0.15, -0.1) is 0 Å². The second-order valence-corrected chi connectivity index (χ2v) is 18.3. The summed E-state index contributed by atoms with van der Waals surface area (Å²) in [6.07, 6.45) is 10.5. The van der Waals surface area contributed by atoms with Crippen LogP contribution in [0.15, 0.2) is 77.0 Å². The Kier molecular flexibility index (Phi) is 12.6. The molecule has 316 valence electrons. The number of fused-ring (bicyclic) bond motifs is 1. The van der Waals surface area contributed by atoms with Crippen LogP contribution in [0, 0.1) is 15.5 Å². The molecule has 0 radical (unpaired) electrons. The van der Waals surface area contributed by atoms with E-state index in [1.807, 2.05) is 6.07 Å². The molecule has 2 N–H and O–H groups in total. The summed E-state index contributed by atoms with van der Waals surface area (Å²) in [4.78, 5) is 36.6. The van der Waals surface area contributed by atoms with Crippen molar-refractivity contribution >= 4 is 38.3 Å². The van der Waals surface area contributed by atoms with Crippen LogP contribution in [0.5, 0.6) is 17.2 Å². The molecule has 2 fully saturated rings. The molecule has 16 heteroatoms. The van der Waals surface area contributed by atoms with E-state index >= 15 is 4.39 Å². The highest BCUT2D eigenvalue weighted by Crippen LogP contribution is 2.41. The van der Waals surface area contributed by atoms with Gasteiger partial charge in [0.05, 0.1) is 21.6 Å². The van der Waals surface area contributed by atoms with Crippen molar-refractivity contribution in [3.05, 3.63) is 87.7 Å². The number of anilines is 1. The minimum absolute atomic E-state index is 0.0667. The van der Waals surface area contributed by atoms with Gasteiger partial charge in [0.1, 0.15) is 29.4 Å². The van der Waals surface area contributed by atoms with Crippen LogP contribution in [0.2, 0.25) is 0 Å². The zero-order valence-corrected chi connectivity index (χ0v) is 34.7. The lowest BCUT2D eigenvalue weighted by molar-refractivity contribution is -0.386. The standard InChI is InChI=1S/C43H53FN6O8S/c1-4-5-6-31-26-42(2,3)13-11-32(31)28-48-17-19-49(20-18-48)33-7-9-36(39(24-33)58-34-23-30-12-16-45-40(30)46-27-34)41(51)47-59(54,55)35-8-10-38(37(25-35)50(52)53)57-29-43(44)14-21-56-22-15-43/h7-10,12,16,23-25,27H,4-6,11,13-15,17-22,26,28-29H2,1-3H3,(H,45,46)(H,47,51). The fourth-order valence-electron chi connectivity index (χ4n) is 8.07. The van der Waals surface area contributed by atoms with Gasteiger partial charge in [-0.25, -0.2) is 22.5 Å². The van der Waals surface area contributed by atoms with E-state index in [0.717, 1.165) is 68.4 Å². The topological polar surface area (TPSA) is 169 Å². The van der Waals surface area contributed by atoms with Crippen LogP contribution >= 0.6 is 0 Å². The average Bonchev–Trinajstić information content (AvgIpc) is 3.68. The number of unbranched alkanes of at least 4 members (excludes halogenated alkanes) is 1. The van der Waals surface area contributed by atoms with E-state index in [9.17, 15) is 23.3 Å². The lowest BCUT2D eigenvalue weighted by Crippen LogP contribution is -2.47. The number of alkyl halides is 1. The number of rotatable bonds is 15. The number of halogens is 1. The second kappa shape index (κ2) is 17.7. The Morgan fingerprint density at radius 3 is 2.56 bits per heavy atom. The monoisotopic (exact) mass is 832 g/mol. The molecule has 2 aromatic heterocycles. The van der Waals surface area contributed by atoms with Gasteiger partial charge in [-0.3, -0.25) is 19.8 Å². The van der Waals surface area contributed by atoms with Gasteiger partial charge in [-0.2, -0.15) is 0 Å². The number of H-pyrrole nitrogens is 1. The molecule has 2 aliphatic heterocycles. The van der Waals surface area contributed by atoms with E-state index in [1.54, 1.807) is 35.5 Å². The Morgan fingerprint density at radius 2 is 1.81 bits per heavy atom. The predicted molar refractivity (Wildman–Crippen MR) is 223 cm³/mol. The quantitative estimate of drug-likeness (QED) is 0.0675. The lowest BCUT2D eigenvalue weighted by Gasteiger charge is -2.39. The van der Waals surface area contributed by atoms with Crippen molar-refractivity contribution in [3.8, 4) is 17.2 Å². The molecule has 14 nitrogen and oxygen atoms in total. The van der Waals surface area contributed by atoms with E-state index in [4.69, 9.17) is 14.2 Å². The largest absolute Gasteiger partial charge is 0.483 e. The summed E-state index contributed by atoms with van der Waals surface area (Å²) >= 11 is 0. The van der Waals surface area contributed by atoms with Gasteiger partial charge in [0.2, 0.25) is 0 Å². The van der Waals surface area contributed by atoms with Crippen LogP contribution in [0.3, 0.4) is 0 Å². The molecule has 7 rings (SSSR count). The van der Waals surface area contributed by atoms with Crippen molar-refractivity contribution in [1.82, 2.24) is 19.6 Å². The van der Waals surface area contributed by atoms with Gasteiger partial charge < -0.3 is 24.1 Å². The summed E-state index contributed by atoms with van der Waals surface area (Å²) in [5.41, 5.74) is 2.54. The van der Waals surface area contributed by atoms with Gasteiger partial charge in [0.15, 0.2) is 5.75 Å². The fourth-order valence-corrected chi connectivity index (χ4v) is 9.06. The van der Waals surface area contributed by atoms with Gasteiger partial charge in [-0.05, 0) is 73.9 Å². The van der Waals surface area contributed by atoms with Crippen molar-refractivity contribution in [2.45, 2.75) is 82.7 Å². The van der Waals surface area contributed by atoms with Crippen molar-refractivity contribution in [1.29, 1.82) is 0 Å². The van der Waals surface area contributed by atoms with Crippen LogP contribution in [-0.2, 0) is 14.8 Å². The number of allylic oxidation sites excluding steroid dienone is 1. The number of carbonyl (C=O) groups is 1. The van der Waals surface area contributed by atoms with Crippen molar-refractivity contribution < 1.29 is 36.7 Å². The Balaban J connectivity index is 1.09. The third-order valence-corrected chi connectivity index (χ3v) is 13.0. The van der Waals surface area contributed by atoms with Gasteiger partial charge >= 0.3 is 5.69 Å². The van der Waals surface area contributed by atoms with Crippen molar-refractivity contribution in [3.63, 3.8) is 0 Å². The van der Waals surface area contributed by atoms with Crippen LogP contribution in [0.4, 0.5) is 15.8 Å². The summed E-state index contributed by atoms with van der Waals surface area (Å²) in [6.45, 7) is 11.1. The number of nitrogens with one attached hydrogen (secondary N) is 2. The maximum absolute atomic E-state index is 15.1. The third kappa shape index (κ3) is 10.2. The normalized spacial score (nSPS) is 18.5. The van der Waals surface area contributed by atoms with Crippen molar-refractivity contribution in [2.24, 2.45) is 5.41 Å². The maximum atomic E-state index is 15.1. The molecule has 0 unspecified atom stereocenters. The van der Waals surface area contributed by atoms with Gasteiger partial charge in [0, 0.05) is 88.2 Å². The Labute approximate surface area is 344 Å². The number of carbonyl (C=O) groups excluding carboxylic acids is 1. The van der Waals surface area contributed by atoms with E-state index in [2.05, 4.69) is 45.3 Å².